The molecule has 0 saturated carbocycles. The van der Waals surface area contributed by atoms with Gasteiger partial charge in [-0.05, 0) is 51.2 Å². The van der Waals surface area contributed by atoms with E-state index in [4.69, 9.17) is 5.73 Å². The quantitative estimate of drug-likeness (QED) is 0.685. The van der Waals surface area contributed by atoms with E-state index in [1.165, 1.54) is 11.3 Å². The smallest absolute Gasteiger partial charge is 0.251 e. The summed E-state index contributed by atoms with van der Waals surface area (Å²) >= 11 is 7.67. The number of thiophene rings is 1. The summed E-state index contributed by atoms with van der Waals surface area (Å²) in [7, 11) is -3.40. The van der Waals surface area contributed by atoms with Crippen LogP contribution in [0.15, 0.2) is 18.5 Å². The predicted molar refractivity (Wildman–Crippen MR) is 80.4 cm³/mol. The summed E-state index contributed by atoms with van der Waals surface area (Å²) < 4.78 is 27.9. The molecule has 100 valence electrons. The van der Waals surface area contributed by atoms with Crippen molar-refractivity contribution in [2.45, 2.75) is 17.1 Å². The summed E-state index contributed by atoms with van der Waals surface area (Å²) in [6.45, 7) is 0.997. The van der Waals surface area contributed by atoms with Gasteiger partial charge in [-0.3, -0.25) is 0 Å². The van der Waals surface area contributed by atoms with Gasteiger partial charge < -0.3 is 5.73 Å². The zero-order valence-electron chi connectivity index (χ0n) is 8.78. The molecule has 3 N–H and O–H groups in total. The fourth-order valence-corrected chi connectivity index (χ4v) is 5.22. The second-order valence-electron chi connectivity index (χ2n) is 3.08. The van der Waals surface area contributed by atoms with Crippen LogP contribution in [0.2, 0.25) is 0 Å². The van der Waals surface area contributed by atoms with E-state index in [9.17, 15) is 8.42 Å². The van der Waals surface area contributed by atoms with Gasteiger partial charge in [-0.1, -0.05) is 0 Å². The minimum absolute atomic E-state index is 0. The number of hydrogen-bond acceptors (Lipinski definition) is 4. The molecule has 0 aromatic carbocycles. The zero-order valence-corrected chi connectivity index (χ0v) is 14.4. The summed E-state index contributed by atoms with van der Waals surface area (Å²) in [4.78, 5) is 0. The fourth-order valence-electron chi connectivity index (χ4n) is 1.03. The molecule has 17 heavy (non-hydrogen) atoms. The maximum absolute atomic E-state index is 11.8. The minimum atomic E-state index is -3.40. The maximum atomic E-state index is 11.8. The Morgan fingerprint density at radius 1 is 1.35 bits per heavy atom. The number of hydrogen-bond donors (Lipinski definition) is 2. The van der Waals surface area contributed by atoms with E-state index in [0.29, 0.717) is 21.8 Å². The van der Waals surface area contributed by atoms with E-state index >= 15 is 0 Å². The largest absolute Gasteiger partial charge is 0.330 e. The van der Waals surface area contributed by atoms with E-state index in [1.807, 2.05) is 0 Å². The van der Waals surface area contributed by atoms with Crippen LogP contribution in [0.5, 0.6) is 0 Å². The van der Waals surface area contributed by atoms with E-state index in [2.05, 4.69) is 36.6 Å². The van der Waals surface area contributed by atoms with Crippen molar-refractivity contribution in [1.29, 1.82) is 0 Å². The van der Waals surface area contributed by atoms with Crippen molar-refractivity contribution in [3.63, 3.8) is 0 Å². The Kier molecular flexibility index (Phi) is 8.47. The van der Waals surface area contributed by atoms with Crippen molar-refractivity contribution in [3.05, 3.63) is 14.3 Å². The van der Waals surface area contributed by atoms with Crippen LogP contribution in [0.25, 0.3) is 0 Å². The zero-order chi connectivity index (χ0) is 12.2. The van der Waals surface area contributed by atoms with E-state index in [-0.39, 0.29) is 12.4 Å². The molecule has 0 aliphatic carbocycles. The molecule has 0 fully saturated rings. The van der Waals surface area contributed by atoms with Gasteiger partial charge in [0.15, 0.2) is 0 Å². The molecule has 0 aliphatic rings. The Balaban J connectivity index is 0.00000256. The summed E-state index contributed by atoms with van der Waals surface area (Å²) in [5.74, 6) is 0. The number of nitrogens with two attached hydrogens (primary N) is 1. The molecule has 0 amide bonds. The third-order valence-electron chi connectivity index (χ3n) is 1.83. The van der Waals surface area contributed by atoms with Crippen molar-refractivity contribution >= 4 is 65.6 Å². The Morgan fingerprint density at radius 3 is 2.47 bits per heavy atom. The van der Waals surface area contributed by atoms with Crippen LogP contribution in [0, 0.1) is 0 Å². The first-order chi connectivity index (χ1) is 7.49. The first-order valence-electron chi connectivity index (χ1n) is 4.61. The average Bonchev–Trinajstić information content (AvgIpc) is 2.55. The van der Waals surface area contributed by atoms with Gasteiger partial charge >= 0.3 is 0 Å². The molecular weight excluding hydrogens is 415 g/mol. The standard InChI is InChI=1S/C8H12Br2N2O2S2.ClH/c9-6-5-15-8(7(6)10)16(13,14)12-4-2-1-3-11;/h5,12H,1-4,11H2;1H. The Hall–Kier alpha value is 0.820. The summed E-state index contributed by atoms with van der Waals surface area (Å²) in [6, 6.07) is 0. The highest BCUT2D eigenvalue weighted by Gasteiger charge is 2.20. The molecule has 1 heterocycles. The summed E-state index contributed by atoms with van der Waals surface area (Å²) in [5.41, 5.74) is 5.33. The number of halogens is 3. The minimum Gasteiger partial charge on any atom is -0.330 e. The molecule has 0 radical (unpaired) electrons. The van der Waals surface area contributed by atoms with Gasteiger partial charge in [0.05, 0.1) is 4.47 Å². The SMILES string of the molecule is Cl.NCCCCNS(=O)(=O)c1scc(Br)c1Br. The lowest BCUT2D eigenvalue weighted by Crippen LogP contribution is -2.24. The lowest BCUT2D eigenvalue weighted by atomic mass is 10.3. The van der Waals surface area contributed by atoms with Crippen LogP contribution in [0.4, 0.5) is 0 Å². The van der Waals surface area contributed by atoms with Crippen LogP contribution < -0.4 is 10.5 Å². The van der Waals surface area contributed by atoms with E-state index < -0.39 is 10.0 Å². The van der Waals surface area contributed by atoms with Crippen LogP contribution in [-0.4, -0.2) is 21.5 Å². The highest BCUT2D eigenvalue weighted by atomic mass is 79.9. The van der Waals surface area contributed by atoms with Gasteiger partial charge in [0, 0.05) is 16.4 Å². The fraction of sp³-hybridized carbons (Fsp3) is 0.500. The van der Waals surface area contributed by atoms with Gasteiger partial charge in [0.1, 0.15) is 4.21 Å². The van der Waals surface area contributed by atoms with Crippen molar-refractivity contribution in [3.8, 4) is 0 Å². The van der Waals surface area contributed by atoms with E-state index in [0.717, 1.165) is 17.3 Å². The molecule has 4 nitrogen and oxygen atoms in total. The van der Waals surface area contributed by atoms with Crippen molar-refractivity contribution < 1.29 is 8.42 Å². The highest BCUT2D eigenvalue weighted by molar-refractivity contribution is 9.13. The number of rotatable bonds is 6. The molecule has 0 saturated heterocycles. The Labute approximate surface area is 128 Å². The Morgan fingerprint density at radius 2 is 2.00 bits per heavy atom. The van der Waals surface area contributed by atoms with E-state index in [1.54, 1.807) is 5.38 Å². The molecule has 9 heteroatoms. The molecule has 0 aliphatic heterocycles. The molecular formula is C8H13Br2ClN2O2S2. The van der Waals surface area contributed by atoms with Gasteiger partial charge in [0.2, 0.25) is 0 Å². The summed E-state index contributed by atoms with van der Waals surface area (Å²) in [6.07, 6.45) is 1.57. The summed E-state index contributed by atoms with van der Waals surface area (Å²) in [5, 5.41) is 1.73. The molecule has 1 aromatic rings. The second kappa shape index (κ2) is 8.08. The molecule has 1 rings (SSSR count). The van der Waals surface area contributed by atoms with Crippen LogP contribution in [0.1, 0.15) is 12.8 Å². The molecule has 0 atom stereocenters. The predicted octanol–water partition coefficient (Wildman–Crippen LogP) is 2.71. The molecule has 1 aromatic heterocycles. The first-order valence-corrected chi connectivity index (χ1v) is 8.56. The molecule has 0 bridgehead atoms. The number of sulfonamides is 1. The first kappa shape index (κ1) is 17.8. The van der Waals surface area contributed by atoms with Gasteiger partial charge in [-0.15, -0.1) is 23.7 Å². The number of unbranched alkanes of at least 4 members (excludes halogenated alkanes) is 1. The van der Waals surface area contributed by atoms with Crippen LogP contribution >= 0.6 is 55.6 Å². The monoisotopic (exact) mass is 426 g/mol. The van der Waals surface area contributed by atoms with Crippen molar-refractivity contribution in [1.82, 2.24) is 4.72 Å². The maximum Gasteiger partial charge on any atom is 0.251 e. The average molecular weight is 429 g/mol. The third-order valence-corrected chi connectivity index (χ3v) is 7.63. The van der Waals surface area contributed by atoms with Gasteiger partial charge in [-0.2, -0.15) is 0 Å². The lowest BCUT2D eigenvalue weighted by molar-refractivity contribution is 0.579. The van der Waals surface area contributed by atoms with Crippen LogP contribution in [0.3, 0.4) is 0 Å². The lowest BCUT2D eigenvalue weighted by Gasteiger charge is -2.04. The van der Waals surface area contributed by atoms with Crippen molar-refractivity contribution in [2.75, 3.05) is 13.1 Å². The third kappa shape index (κ3) is 5.14. The van der Waals surface area contributed by atoms with Crippen LogP contribution in [-0.2, 0) is 10.0 Å². The van der Waals surface area contributed by atoms with Gasteiger partial charge in [0.25, 0.3) is 10.0 Å². The molecule has 0 spiro atoms. The van der Waals surface area contributed by atoms with Crippen molar-refractivity contribution in [2.24, 2.45) is 5.73 Å². The normalized spacial score (nSPS) is 11.2. The number of nitrogens with one attached hydrogen (secondary N) is 1. The van der Waals surface area contributed by atoms with Gasteiger partial charge in [-0.25, -0.2) is 13.1 Å². The second-order valence-corrected chi connectivity index (χ2v) is 7.57. The topological polar surface area (TPSA) is 72.2 Å². The Bertz CT molecular complexity index is 450. The molecule has 0 unspecified atom stereocenters. The highest BCUT2D eigenvalue weighted by Crippen LogP contribution is 2.35.